The molecule has 1 aliphatic carbocycles. The van der Waals surface area contributed by atoms with Crippen LogP contribution < -0.4 is 25.2 Å². The first kappa shape index (κ1) is 32.9. The molecule has 1 spiro atoms. The Hall–Kier alpha value is -4.49. The summed E-state index contributed by atoms with van der Waals surface area (Å²) in [5.74, 6) is -1.19. The number of amides is 2. The number of rotatable bonds is 10. The molecular weight excluding hydrogens is 629 g/mol. The number of nitrogens with one attached hydrogen (secondary N) is 2. The highest BCUT2D eigenvalue weighted by molar-refractivity contribution is 6.30. The Kier molecular flexibility index (Phi) is 8.84. The number of methoxy groups -OCH3 is 1. The SMILES string of the molecule is COc1cc(NC(C(=O)N2CC3(CC3)c3ccc(OC(F)(F)F)cc32)c2ccc(Cl)cc2)cc(/C(C)=N/OC(C)(C)C(=O)NO)c1. The van der Waals surface area contributed by atoms with Crippen LogP contribution in [0.2, 0.25) is 5.02 Å². The lowest BCUT2D eigenvalue weighted by Crippen LogP contribution is -2.42. The highest BCUT2D eigenvalue weighted by Crippen LogP contribution is 2.57. The van der Waals surface area contributed by atoms with Gasteiger partial charge in [0.25, 0.3) is 11.8 Å². The van der Waals surface area contributed by atoms with Crippen LogP contribution in [0.3, 0.4) is 0 Å². The molecule has 0 bridgehead atoms. The Morgan fingerprint density at radius 2 is 1.74 bits per heavy atom. The summed E-state index contributed by atoms with van der Waals surface area (Å²) in [6, 6.07) is 14.9. The summed E-state index contributed by atoms with van der Waals surface area (Å²) in [6.07, 6.45) is -3.28. The number of benzene rings is 3. The van der Waals surface area contributed by atoms with Crippen LogP contribution in [0.1, 0.15) is 56.3 Å². The standard InChI is InChI=1S/C32H32ClF3N4O6/c1-18(39-46-30(2,3)29(42)38-43)20-13-22(15-24(14-20)44-4)37-27(19-5-7-21(33)8-6-19)28(41)40-17-31(11-12-31)25-10-9-23(16-26(25)40)45-32(34,35)36/h5-10,13-16,27,37,43H,11-12,17H2,1-4H3,(H,38,42)/b39-18+. The number of halogens is 4. The van der Waals surface area contributed by atoms with Crippen molar-refractivity contribution in [1.29, 1.82) is 0 Å². The molecule has 1 aliphatic heterocycles. The molecule has 5 rings (SSSR count). The van der Waals surface area contributed by atoms with Gasteiger partial charge in [-0.25, -0.2) is 5.48 Å². The van der Waals surface area contributed by atoms with Crippen LogP contribution in [0.4, 0.5) is 24.5 Å². The first-order chi connectivity index (χ1) is 21.6. The predicted octanol–water partition coefficient (Wildman–Crippen LogP) is 6.50. The molecular formula is C32H32ClF3N4O6. The van der Waals surface area contributed by atoms with E-state index in [2.05, 4.69) is 15.2 Å². The van der Waals surface area contributed by atoms with Crippen molar-refractivity contribution in [1.82, 2.24) is 5.48 Å². The van der Waals surface area contributed by atoms with E-state index in [-0.39, 0.29) is 5.41 Å². The molecule has 3 N–H and O–H groups in total. The minimum atomic E-state index is -4.89. The zero-order valence-electron chi connectivity index (χ0n) is 25.4. The molecule has 1 unspecified atom stereocenters. The first-order valence-corrected chi connectivity index (χ1v) is 14.6. The number of alkyl halides is 3. The van der Waals surface area contributed by atoms with Crippen LogP contribution in [0.25, 0.3) is 0 Å². The Labute approximate surface area is 268 Å². The molecule has 1 saturated carbocycles. The Morgan fingerprint density at radius 1 is 1.04 bits per heavy atom. The van der Waals surface area contributed by atoms with Gasteiger partial charge in [0.1, 0.15) is 17.5 Å². The molecule has 46 heavy (non-hydrogen) atoms. The van der Waals surface area contributed by atoms with E-state index in [1.807, 2.05) is 0 Å². The number of hydrogen-bond donors (Lipinski definition) is 3. The van der Waals surface area contributed by atoms with E-state index in [0.29, 0.717) is 45.5 Å². The molecule has 0 aromatic heterocycles. The van der Waals surface area contributed by atoms with Gasteiger partial charge in [-0.05, 0) is 75.1 Å². The number of ether oxygens (including phenoxy) is 2. The van der Waals surface area contributed by atoms with E-state index in [4.69, 9.17) is 26.4 Å². The summed E-state index contributed by atoms with van der Waals surface area (Å²) in [5.41, 5.74) is 2.82. The summed E-state index contributed by atoms with van der Waals surface area (Å²) in [4.78, 5) is 33.2. The van der Waals surface area contributed by atoms with Gasteiger partial charge in [0.05, 0.1) is 18.5 Å². The molecule has 1 fully saturated rings. The van der Waals surface area contributed by atoms with Crippen molar-refractivity contribution in [2.45, 2.75) is 57.0 Å². The van der Waals surface area contributed by atoms with Crippen LogP contribution in [0, 0.1) is 0 Å². The minimum absolute atomic E-state index is 0.312. The van der Waals surface area contributed by atoms with E-state index in [9.17, 15) is 22.8 Å². The summed E-state index contributed by atoms with van der Waals surface area (Å²) in [7, 11) is 1.47. The van der Waals surface area contributed by atoms with Gasteiger partial charge in [-0.15, -0.1) is 13.2 Å². The molecule has 14 heteroatoms. The van der Waals surface area contributed by atoms with Gasteiger partial charge in [0.15, 0.2) is 0 Å². The maximum atomic E-state index is 14.4. The Morgan fingerprint density at radius 3 is 2.35 bits per heavy atom. The van der Waals surface area contributed by atoms with Crippen molar-refractivity contribution in [3.8, 4) is 11.5 Å². The van der Waals surface area contributed by atoms with E-state index in [0.717, 1.165) is 18.4 Å². The van der Waals surface area contributed by atoms with Crippen LogP contribution in [0.5, 0.6) is 11.5 Å². The monoisotopic (exact) mass is 660 g/mol. The van der Waals surface area contributed by atoms with Gasteiger partial charge >= 0.3 is 6.36 Å². The summed E-state index contributed by atoms with van der Waals surface area (Å²) in [6.45, 7) is 4.81. The molecule has 0 saturated heterocycles. The lowest BCUT2D eigenvalue weighted by molar-refractivity contribution is -0.274. The molecule has 2 amide bonds. The van der Waals surface area contributed by atoms with E-state index >= 15 is 0 Å². The zero-order valence-corrected chi connectivity index (χ0v) is 26.1. The van der Waals surface area contributed by atoms with Crippen molar-refractivity contribution in [2.75, 3.05) is 23.9 Å². The maximum Gasteiger partial charge on any atom is 0.573 e. The van der Waals surface area contributed by atoms with Crippen LogP contribution >= 0.6 is 11.6 Å². The maximum absolute atomic E-state index is 14.4. The van der Waals surface area contributed by atoms with Crippen molar-refractivity contribution < 1.29 is 42.3 Å². The topological polar surface area (TPSA) is 122 Å². The number of anilines is 2. The quantitative estimate of drug-likeness (QED) is 0.129. The smallest absolute Gasteiger partial charge is 0.497 e. The highest BCUT2D eigenvalue weighted by Gasteiger charge is 2.54. The molecule has 10 nitrogen and oxygen atoms in total. The number of carbonyl (C=O) groups excluding carboxylic acids is 2. The van der Waals surface area contributed by atoms with Crippen molar-refractivity contribution >= 4 is 40.5 Å². The number of hydrogen-bond acceptors (Lipinski definition) is 8. The Balaban J connectivity index is 1.50. The third-order valence-electron chi connectivity index (χ3n) is 8.03. The highest BCUT2D eigenvalue weighted by atomic mass is 35.5. The largest absolute Gasteiger partial charge is 0.573 e. The van der Waals surface area contributed by atoms with Gasteiger partial charge < -0.3 is 24.5 Å². The molecule has 244 valence electrons. The van der Waals surface area contributed by atoms with E-state index in [1.165, 1.54) is 43.5 Å². The van der Waals surface area contributed by atoms with Gasteiger partial charge in [-0.1, -0.05) is 35.0 Å². The van der Waals surface area contributed by atoms with E-state index < -0.39 is 35.6 Å². The molecule has 1 heterocycles. The lowest BCUT2D eigenvalue weighted by Gasteiger charge is -2.27. The second-order valence-corrected chi connectivity index (χ2v) is 12.2. The molecule has 0 radical (unpaired) electrons. The average Bonchev–Trinajstić information content (AvgIpc) is 3.73. The first-order valence-electron chi connectivity index (χ1n) is 14.3. The van der Waals surface area contributed by atoms with Crippen molar-refractivity contribution in [2.24, 2.45) is 5.16 Å². The van der Waals surface area contributed by atoms with Crippen molar-refractivity contribution in [3.05, 3.63) is 82.4 Å². The predicted molar refractivity (Wildman–Crippen MR) is 165 cm³/mol. The zero-order chi connectivity index (χ0) is 33.4. The fraction of sp³-hybridized carbons (Fsp3) is 0.344. The molecule has 1 atom stereocenters. The normalized spacial score (nSPS) is 16.0. The van der Waals surface area contributed by atoms with Crippen molar-refractivity contribution in [3.63, 3.8) is 0 Å². The number of fused-ring (bicyclic) bond motifs is 2. The molecule has 3 aromatic rings. The lowest BCUT2D eigenvalue weighted by atomic mass is 9.99. The van der Waals surface area contributed by atoms with Crippen LogP contribution in [0.15, 0.2) is 65.8 Å². The van der Waals surface area contributed by atoms with Gasteiger partial charge in [0, 0.05) is 40.4 Å². The summed E-state index contributed by atoms with van der Waals surface area (Å²) >= 11 is 6.15. The third kappa shape index (κ3) is 7.00. The fourth-order valence-electron chi connectivity index (χ4n) is 5.31. The van der Waals surface area contributed by atoms with Crippen LogP contribution in [-0.2, 0) is 19.8 Å². The fourth-order valence-corrected chi connectivity index (χ4v) is 5.44. The number of carbonyl (C=O) groups is 2. The average molecular weight is 661 g/mol. The van der Waals surface area contributed by atoms with Gasteiger partial charge in [-0.2, -0.15) is 0 Å². The van der Waals surface area contributed by atoms with Crippen LogP contribution in [-0.4, -0.2) is 48.4 Å². The van der Waals surface area contributed by atoms with Gasteiger partial charge in [0.2, 0.25) is 5.60 Å². The summed E-state index contributed by atoms with van der Waals surface area (Å²) < 4.78 is 48.9. The third-order valence-corrected chi connectivity index (χ3v) is 8.28. The summed E-state index contributed by atoms with van der Waals surface area (Å²) in [5, 5.41) is 16.8. The number of nitrogens with zero attached hydrogens (tertiary/aromatic N) is 2. The second kappa shape index (κ2) is 12.4. The molecule has 2 aliphatic rings. The second-order valence-electron chi connectivity index (χ2n) is 11.7. The minimum Gasteiger partial charge on any atom is -0.497 e. The number of oxime groups is 1. The van der Waals surface area contributed by atoms with E-state index in [1.54, 1.807) is 55.5 Å². The number of hydroxylamine groups is 1. The molecule has 3 aromatic carbocycles. The van der Waals surface area contributed by atoms with Gasteiger partial charge in [-0.3, -0.25) is 14.8 Å². The Bertz CT molecular complexity index is 1680.